The van der Waals surface area contributed by atoms with Gasteiger partial charge < -0.3 is 10.4 Å². The number of unbranched alkanes of at least 4 members (excludes halogenated alkanes) is 4. The lowest BCUT2D eigenvalue weighted by Crippen LogP contribution is -2.12. The smallest absolute Gasteiger partial charge is 0.336 e. The van der Waals surface area contributed by atoms with Crippen LogP contribution in [0.1, 0.15) is 61.4 Å². The Morgan fingerprint density at radius 3 is 2.50 bits per heavy atom. The van der Waals surface area contributed by atoms with Crippen LogP contribution in [0.15, 0.2) is 18.2 Å². The van der Waals surface area contributed by atoms with Crippen LogP contribution in [0.4, 0.5) is 5.69 Å². The summed E-state index contributed by atoms with van der Waals surface area (Å²) in [6.07, 6.45) is 5.99. The van der Waals surface area contributed by atoms with Crippen LogP contribution in [0.25, 0.3) is 0 Å². The van der Waals surface area contributed by atoms with Crippen LogP contribution in [0.3, 0.4) is 0 Å². The molecular formula is C16H23NO3. The third-order valence-corrected chi connectivity index (χ3v) is 3.26. The highest BCUT2D eigenvalue weighted by Crippen LogP contribution is 2.16. The molecule has 1 rings (SSSR count). The summed E-state index contributed by atoms with van der Waals surface area (Å²) in [5, 5.41) is 11.8. The molecule has 2 N–H and O–H groups in total. The second-order valence-corrected chi connectivity index (χ2v) is 5.05. The number of hydrogen-bond acceptors (Lipinski definition) is 2. The number of nitrogens with one attached hydrogen (secondary N) is 1. The van der Waals surface area contributed by atoms with Gasteiger partial charge in [-0.3, -0.25) is 4.79 Å². The Balaban J connectivity index is 2.46. The maximum Gasteiger partial charge on any atom is 0.336 e. The summed E-state index contributed by atoms with van der Waals surface area (Å²) in [5.74, 6) is -1.03. The second kappa shape index (κ2) is 8.35. The number of aryl methyl sites for hydroxylation is 1. The van der Waals surface area contributed by atoms with Crippen LogP contribution in [0.2, 0.25) is 0 Å². The molecule has 1 aromatic carbocycles. The first-order valence-electron chi connectivity index (χ1n) is 7.18. The summed E-state index contributed by atoms with van der Waals surface area (Å²) in [6.45, 7) is 3.90. The van der Waals surface area contributed by atoms with Gasteiger partial charge in [0, 0.05) is 12.1 Å². The number of amides is 1. The highest BCUT2D eigenvalue weighted by Gasteiger charge is 2.09. The molecule has 4 nitrogen and oxygen atoms in total. The number of carboxylic acid groups (broad SMARTS) is 1. The van der Waals surface area contributed by atoms with E-state index in [4.69, 9.17) is 5.11 Å². The van der Waals surface area contributed by atoms with Crippen molar-refractivity contribution in [3.05, 3.63) is 29.3 Å². The molecule has 0 atom stereocenters. The highest BCUT2D eigenvalue weighted by molar-refractivity contribution is 5.94. The van der Waals surface area contributed by atoms with Gasteiger partial charge in [0.1, 0.15) is 0 Å². The molecule has 0 aliphatic heterocycles. The largest absolute Gasteiger partial charge is 0.478 e. The SMILES string of the molecule is CCCCCCCC(=O)Nc1ccc(C)c(C(=O)O)c1. The molecule has 0 saturated carbocycles. The van der Waals surface area contributed by atoms with E-state index in [1.165, 1.54) is 18.9 Å². The first kappa shape index (κ1) is 16.2. The van der Waals surface area contributed by atoms with Crippen LogP contribution >= 0.6 is 0 Å². The van der Waals surface area contributed by atoms with Crippen molar-refractivity contribution in [1.29, 1.82) is 0 Å². The van der Waals surface area contributed by atoms with E-state index in [2.05, 4.69) is 12.2 Å². The fraction of sp³-hybridized carbons (Fsp3) is 0.500. The molecule has 0 unspecified atom stereocenters. The van der Waals surface area contributed by atoms with E-state index in [-0.39, 0.29) is 11.5 Å². The van der Waals surface area contributed by atoms with Crippen LogP contribution in [-0.4, -0.2) is 17.0 Å². The van der Waals surface area contributed by atoms with Gasteiger partial charge in [0.25, 0.3) is 0 Å². The average molecular weight is 277 g/mol. The maximum atomic E-state index is 11.8. The standard InChI is InChI=1S/C16H23NO3/c1-3-4-5-6-7-8-15(18)17-13-10-9-12(2)14(11-13)16(19)20/h9-11H,3-8H2,1-2H3,(H,17,18)(H,19,20). The van der Waals surface area contributed by atoms with Gasteiger partial charge in [0.15, 0.2) is 0 Å². The molecule has 0 aromatic heterocycles. The quantitative estimate of drug-likeness (QED) is 0.706. The Morgan fingerprint density at radius 1 is 1.15 bits per heavy atom. The Kier molecular flexibility index (Phi) is 6.77. The van der Waals surface area contributed by atoms with Crippen LogP contribution in [0.5, 0.6) is 0 Å². The fourth-order valence-electron chi connectivity index (χ4n) is 2.04. The molecule has 0 aliphatic carbocycles. The number of anilines is 1. The van der Waals surface area contributed by atoms with Gasteiger partial charge in [0.2, 0.25) is 5.91 Å². The van der Waals surface area contributed by atoms with E-state index < -0.39 is 5.97 Å². The van der Waals surface area contributed by atoms with Crippen molar-refractivity contribution >= 4 is 17.6 Å². The molecular weight excluding hydrogens is 254 g/mol. The molecule has 0 radical (unpaired) electrons. The predicted molar refractivity (Wildman–Crippen MR) is 80.1 cm³/mol. The third kappa shape index (κ3) is 5.43. The number of rotatable bonds is 8. The van der Waals surface area contributed by atoms with E-state index in [0.717, 1.165) is 19.3 Å². The second-order valence-electron chi connectivity index (χ2n) is 5.05. The summed E-state index contributed by atoms with van der Waals surface area (Å²) < 4.78 is 0. The van der Waals surface area contributed by atoms with Crippen molar-refractivity contribution in [3.63, 3.8) is 0 Å². The third-order valence-electron chi connectivity index (χ3n) is 3.26. The summed E-state index contributed by atoms with van der Waals surface area (Å²) in [4.78, 5) is 22.8. The van der Waals surface area contributed by atoms with Crippen molar-refractivity contribution in [1.82, 2.24) is 0 Å². The molecule has 0 aliphatic rings. The lowest BCUT2D eigenvalue weighted by Gasteiger charge is -2.08. The molecule has 0 fully saturated rings. The minimum absolute atomic E-state index is 0.0540. The van der Waals surface area contributed by atoms with Crippen molar-refractivity contribution in [2.75, 3.05) is 5.32 Å². The molecule has 0 bridgehead atoms. The minimum Gasteiger partial charge on any atom is -0.478 e. The molecule has 0 heterocycles. The number of hydrogen-bond donors (Lipinski definition) is 2. The lowest BCUT2D eigenvalue weighted by molar-refractivity contribution is -0.116. The number of carbonyl (C=O) groups is 2. The van der Waals surface area contributed by atoms with Gasteiger partial charge in [-0.2, -0.15) is 0 Å². The van der Waals surface area contributed by atoms with E-state index in [1.807, 2.05) is 0 Å². The van der Waals surface area contributed by atoms with Crippen molar-refractivity contribution in [3.8, 4) is 0 Å². The Morgan fingerprint density at radius 2 is 1.85 bits per heavy atom. The van der Waals surface area contributed by atoms with Crippen molar-refractivity contribution in [2.45, 2.75) is 52.4 Å². The number of carboxylic acids is 1. The molecule has 1 aromatic rings. The van der Waals surface area contributed by atoms with Gasteiger partial charge in [-0.15, -0.1) is 0 Å². The van der Waals surface area contributed by atoms with Crippen LogP contribution in [0, 0.1) is 6.92 Å². The van der Waals surface area contributed by atoms with Crippen LogP contribution in [-0.2, 0) is 4.79 Å². The summed E-state index contributed by atoms with van der Waals surface area (Å²) >= 11 is 0. The highest BCUT2D eigenvalue weighted by atomic mass is 16.4. The summed E-state index contributed by atoms with van der Waals surface area (Å²) in [7, 11) is 0. The van der Waals surface area contributed by atoms with Crippen molar-refractivity contribution in [2.24, 2.45) is 0 Å². The monoisotopic (exact) mass is 277 g/mol. The first-order chi connectivity index (χ1) is 9.54. The number of benzene rings is 1. The zero-order valence-electron chi connectivity index (χ0n) is 12.2. The molecule has 20 heavy (non-hydrogen) atoms. The number of aromatic carboxylic acids is 1. The van der Waals surface area contributed by atoms with E-state index in [9.17, 15) is 9.59 Å². The minimum atomic E-state index is -0.974. The Hall–Kier alpha value is -1.84. The first-order valence-corrected chi connectivity index (χ1v) is 7.18. The summed E-state index contributed by atoms with van der Waals surface area (Å²) in [6, 6.07) is 4.95. The van der Waals surface area contributed by atoms with Crippen molar-refractivity contribution < 1.29 is 14.7 Å². The Bertz CT molecular complexity index is 469. The van der Waals surface area contributed by atoms with E-state index in [1.54, 1.807) is 19.1 Å². The fourth-order valence-corrected chi connectivity index (χ4v) is 2.04. The van der Waals surface area contributed by atoms with E-state index >= 15 is 0 Å². The van der Waals surface area contributed by atoms with Gasteiger partial charge in [-0.25, -0.2) is 4.79 Å². The zero-order chi connectivity index (χ0) is 15.0. The lowest BCUT2D eigenvalue weighted by atomic mass is 10.1. The molecule has 110 valence electrons. The van der Waals surface area contributed by atoms with Gasteiger partial charge in [-0.05, 0) is 31.0 Å². The summed E-state index contributed by atoms with van der Waals surface area (Å²) in [5.41, 5.74) is 1.47. The maximum absolute atomic E-state index is 11.8. The normalized spacial score (nSPS) is 10.3. The topological polar surface area (TPSA) is 66.4 Å². The molecule has 0 spiro atoms. The van der Waals surface area contributed by atoms with Gasteiger partial charge >= 0.3 is 5.97 Å². The number of carbonyl (C=O) groups excluding carboxylic acids is 1. The predicted octanol–water partition coefficient (Wildman–Crippen LogP) is 3.99. The van der Waals surface area contributed by atoms with Gasteiger partial charge in [-0.1, -0.05) is 38.7 Å². The zero-order valence-corrected chi connectivity index (χ0v) is 12.2. The molecule has 4 heteroatoms. The van der Waals surface area contributed by atoms with E-state index in [0.29, 0.717) is 17.7 Å². The van der Waals surface area contributed by atoms with Gasteiger partial charge in [0.05, 0.1) is 5.56 Å². The molecule has 0 saturated heterocycles. The Labute approximate surface area is 120 Å². The average Bonchev–Trinajstić information content (AvgIpc) is 2.40. The molecule has 1 amide bonds. The van der Waals surface area contributed by atoms with Crippen LogP contribution < -0.4 is 5.32 Å².